The van der Waals surface area contributed by atoms with E-state index in [1.807, 2.05) is 18.2 Å². The van der Waals surface area contributed by atoms with E-state index >= 15 is 0 Å². The lowest BCUT2D eigenvalue weighted by atomic mass is 9.97. The zero-order chi connectivity index (χ0) is 24.2. The third-order valence-electron chi connectivity index (χ3n) is 6.55. The Labute approximate surface area is 207 Å². The molecule has 5 rings (SSSR count). The van der Waals surface area contributed by atoms with Crippen LogP contribution in [0, 0.1) is 13.8 Å². The van der Waals surface area contributed by atoms with E-state index in [-0.39, 0.29) is 0 Å². The molecule has 3 nitrogen and oxygen atoms in total. The fraction of sp³-hybridized carbons (Fsp3) is 0.188. The van der Waals surface area contributed by atoms with E-state index in [2.05, 4.69) is 109 Å². The standard InChI is InChI=1S/C32H32N2O/c1-23-18-24(2)31-29(19-23)30(26-14-8-4-9-15-26)32(27-16-10-5-11-17-27)34(31)22-28(35)21-33-20-25-12-6-3-7-13-25/h3-19,28,33,35H,20-22H2,1-2H3/t28-/m1/s1. The van der Waals surface area contributed by atoms with Crippen LogP contribution in [0.15, 0.2) is 103 Å². The summed E-state index contributed by atoms with van der Waals surface area (Å²) >= 11 is 0. The highest BCUT2D eigenvalue weighted by molar-refractivity contribution is 6.06. The molecule has 3 heteroatoms. The first kappa shape index (κ1) is 23.1. The molecule has 4 aromatic carbocycles. The Morgan fingerprint density at radius 2 is 1.37 bits per heavy atom. The first-order chi connectivity index (χ1) is 17.1. The van der Waals surface area contributed by atoms with Gasteiger partial charge in [-0.1, -0.05) is 103 Å². The maximum atomic E-state index is 11.2. The van der Waals surface area contributed by atoms with Gasteiger partial charge in [0.25, 0.3) is 0 Å². The number of aliphatic hydroxyl groups is 1. The quantitative estimate of drug-likeness (QED) is 0.269. The molecule has 0 saturated carbocycles. The van der Waals surface area contributed by atoms with E-state index in [1.54, 1.807) is 0 Å². The summed E-state index contributed by atoms with van der Waals surface area (Å²) in [5, 5.41) is 15.8. The number of hydrogen-bond donors (Lipinski definition) is 2. The molecule has 176 valence electrons. The van der Waals surface area contributed by atoms with Crippen molar-refractivity contribution in [3.05, 3.63) is 120 Å². The van der Waals surface area contributed by atoms with Gasteiger partial charge in [-0.15, -0.1) is 0 Å². The van der Waals surface area contributed by atoms with E-state index in [1.165, 1.54) is 38.7 Å². The van der Waals surface area contributed by atoms with Gasteiger partial charge in [0.15, 0.2) is 0 Å². The molecule has 35 heavy (non-hydrogen) atoms. The van der Waals surface area contributed by atoms with E-state index in [4.69, 9.17) is 0 Å². The molecule has 0 saturated heterocycles. The molecule has 0 spiro atoms. The molecule has 5 aromatic rings. The molecule has 0 radical (unpaired) electrons. The molecule has 1 aromatic heterocycles. The Balaban J connectivity index is 1.59. The number of benzene rings is 4. The molecule has 0 fully saturated rings. The minimum absolute atomic E-state index is 0.513. The Bertz CT molecular complexity index is 1410. The Morgan fingerprint density at radius 1 is 0.771 bits per heavy atom. The summed E-state index contributed by atoms with van der Waals surface area (Å²) in [6, 6.07) is 36.0. The zero-order valence-corrected chi connectivity index (χ0v) is 20.4. The second-order valence-corrected chi connectivity index (χ2v) is 9.31. The number of aryl methyl sites for hydroxylation is 2. The number of nitrogens with one attached hydrogen (secondary N) is 1. The first-order valence-corrected chi connectivity index (χ1v) is 12.3. The molecule has 0 unspecified atom stereocenters. The van der Waals surface area contributed by atoms with Gasteiger partial charge in [0.05, 0.1) is 23.9 Å². The van der Waals surface area contributed by atoms with Crippen molar-refractivity contribution in [3.8, 4) is 22.4 Å². The molecule has 2 N–H and O–H groups in total. The number of aliphatic hydroxyl groups excluding tert-OH is 1. The monoisotopic (exact) mass is 460 g/mol. The Morgan fingerprint density at radius 3 is 2.03 bits per heavy atom. The largest absolute Gasteiger partial charge is 0.390 e. The number of hydrogen-bond acceptors (Lipinski definition) is 2. The highest BCUT2D eigenvalue weighted by Gasteiger charge is 2.23. The van der Waals surface area contributed by atoms with Crippen LogP contribution in [0.1, 0.15) is 16.7 Å². The second kappa shape index (κ2) is 10.3. The summed E-state index contributed by atoms with van der Waals surface area (Å²) in [5.41, 5.74) is 9.61. The van der Waals surface area contributed by atoms with Gasteiger partial charge in [-0.25, -0.2) is 0 Å². The normalized spacial score (nSPS) is 12.2. The average molecular weight is 461 g/mol. The van der Waals surface area contributed by atoms with Crippen LogP contribution in [-0.4, -0.2) is 22.3 Å². The molecular formula is C32H32N2O. The Kier molecular flexibility index (Phi) is 6.80. The van der Waals surface area contributed by atoms with Gasteiger partial charge in [-0.3, -0.25) is 0 Å². The lowest BCUT2D eigenvalue weighted by Gasteiger charge is -2.18. The van der Waals surface area contributed by atoms with E-state index in [9.17, 15) is 5.11 Å². The van der Waals surface area contributed by atoms with Gasteiger partial charge in [0.1, 0.15) is 0 Å². The molecule has 1 atom stereocenters. The highest BCUT2D eigenvalue weighted by Crippen LogP contribution is 2.42. The second-order valence-electron chi connectivity index (χ2n) is 9.31. The summed E-state index contributed by atoms with van der Waals surface area (Å²) < 4.78 is 2.33. The molecule has 0 aliphatic rings. The summed E-state index contributed by atoms with van der Waals surface area (Å²) in [6.45, 7) is 6.11. The maximum Gasteiger partial charge on any atom is 0.0843 e. The fourth-order valence-corrected chi connectivity index (χ4v) is 5.11. The van der Waals surface area contributed by atoms with E-state index < -0.39 is 6.10 Å². The third kappa shape index (κ3) is 4.93. The molecular weight excluding hydrogens is 428 g/mol. The maximum absolute atomic E-state index is 11.2. The van der Waals surface area contributed by atoms with Crippen molar-refractivity contribution in [2.24, 2.45) is 0 Å². The van der Waals surface area contributed by atoms with Gasteiger partial charge in [-0.05, 0) is 42.2 Å². The van der Waals surface area contributed by atoms with Crippen LogP contribution >= 0.6 is 0 Å². The van der Waals surface area contributed by atoms with Gasteiger partial charge >= 0.3 is 0 Å². The van der Waals surface area contributed by atoms with Gasteiger partial charge in [0, 0.05) is 24.0 Å². The topological polar surface area (TPSA) is 37.2 Å². The first-order valence-electron chi connectivity index (χ1n) is 12.3. The molecule has 0 bridgehead atoms. The highest BCUT2D eigenvalue weighted by atomic mass is 16.3. The minimum atomic E-state index is -0.527. The van der Waals surface area contributed by atoms with Crippen LogP contribution in [0.25, 0.3) is 33.3 Å². The van der Waals surface area contributed by atoms with Gasteiger partial charge in [0.2, 0.25) is 0 Å². The third-order valence-corrected chi connectivity index (χ3v) is 6.55. The fourth-order valence-electron chi connectivity index (χ4n) is 5.11. The number of nitrogens with zero attached hydrogens (tertiary/aromatic N) is 1. The van der Waals surface area contributed by atoms with Crippen molar-refractivity contribution in [2.45, 2.75) is 33.0 Å². The summed E-state index contributed by atoms with van der Waals surface area (Å²) in [4.78, 5) is 0. The van der Waals surface area contributed by atoms with Crippen molar-refractivity contribution in [1.29, 1.82) is 0 Å². The number of rotatable bonds is 8. The van der Waals surface area contributed by atoms with Crippen LogP contribution in [0.3, 0.4) is 0 Å². The average Bonchev–Trinajstić information content (AvgIpc) is 3.19. The van der Waals surface area contributed by atoms with Crippen molar-refractivity contribution in [1.82, 2.24) is 9.88 Å². The summed E-state index contributed by atoms with van der Waals surface area (Å²) in [7, 11) is 0. The van der Waals surface area contributed by atoms with E-state index in [0.717, 1.165) is 17.8 Å². The Hall–Kier alpha value is -3.66. The van der Waals surface area contributed by atoms with Crippen LogP contribution in [0.2, 0.25) is 0 Å². The smallest absolute Gasteiger partial charge is 0.0843 e. The summed E-state index contributed by atoms with van der Waals surface area (Å²) in [6.07, 6.45) is -0.527. The minimum Gasteiger partial charge on any atom is -0.390 e. The van der Waals surface area contributed by atoms with Crippen LogP contribution in [-0.2, 0) is 13.1 Å². The number of aromatic nitrogens is 1. The molecule has 0 aliphatic heterocycles. The molecule has 1 heterocycles. The predicted octanol–water partition coefficient (Wildman–Crippen LogP) is 6.74. The van der Waals surface area contributed by atoms with Crippen molar-refractivity contribution in [3.63, 3.8) is 0 Å². The van der Waals surface area contributed by atoms with Crippen LogP contribution in [0.5, 0.6) is 0 Å². The predicted molar refractivity (Wildman–Crippen MR) is 146 cm³/mol. The lowest BCUT2D eigenvalue weighted by molar-refractivity contribution is 0.153. The summed E-state index contributed by atoms with van der Waals surface area (Å²) in [5.74, 6) is 0. The van der Waals surface area contributed by atoms with Crippen LogP contribution in [0.4, 0.5) is 0 Å². The van der Waals surface area contributed by atoms with Crippen molar-refractivity contribution in [2.75, 3.05) is 6.54 Å². The van der Waals surface area contributed by atoms with Gasteiger partial charge in [-0.2, -0.15) is 0 Å². The molecule has 0 aliphatic carbocycles. The number of fused-ring (bicyclic) bond motifs is 1. The van der Waals surface area contributed by atoms with Gasteiger partial charge < -0.3 is 15.0 Å². The zero-order valence-electron chi connectivity index (χ0n) is 20.4. The lowest BCUT2D eigenvalue weighted by Crippen LogP contribution is -2.30. The van der Waals surface area contributed by atoms with Crippen molar-refractivity contribution >= 4 is 10.9 Å². The van der Waals surface area contributed by atoms with E-state index in [0.29, 0.717) is 13.1 Å². The molecule has 0 amide bonds. The SMILES string of the molecule is Cc1cc(C)c2c(c1)c(-c1ccccc1)c(-c1ccccc1)n2C[C@H](O)CNCc1ccccc1. The van der Waals surface area contributed by atoms with Crippen LogP contribution < -0.4 is 5.32 Å². The van der Waals surface area contributed by atoms with Crippen molar-refractivity contribution < 1.29 is 5.11 Å².